The highest BCUT2D eigenvalue weighted by Gasteiger charge is 2.28. The molecule has 1 aromatic rings. The number of nitrogens with zero attached hydrogens (tertiary/aromatic N) is 2. The third-order valence-electron chi connectivity index (χ3n) is 2.45. The summed E-state index contributed by atoms with van der Waals surface area (Å²) in [7, 11) is -2.75. The fraction of sp³-hybridized carbons (Fsp3) is 0.400. The zero-order valence-corrected chi connectivity index (χ0v) is 12.2. The first kappa shape index (κ1) is 15.8. The predicted molar refractivity (Wildman–Crippen MR) is 69.4 cm³/mol. The number of hydroxylamine groups is 1. The first-order valence-corrected chi connectivity index (χ1v) is 7.08. The Labute approximate surface area is 115 Å². The fourth-order valence-electron chi connectivity index (χ4n) is 1.57. The van der Waals surface area contributed by atoms with E-state index in [2.05, 4.69) is 0 Å². The summed E-state index contributed by atoms with van der Waals surface area (Å²) in [6, 6.07) is 2.19. The molecule has 0 spiro atoms. The van der Waals surface area contributed by atoms with Gasteiger partial charge in [0, 0.05) is 12.6 Å². The molecule has 0 aromatic heterocycles. The molecule has 19 heavy (non-hydrogen) atoms. The van der Waals surface area contributed by atoms with Crippen LogP contribution < -0.4 is 0 Å². The lowest BCUT2D eigenvalue weighted by molar-refractivity contribution is -0.384. The number of aryl methyl sites for hydroxylation is 1. The smallest absolute Gasteiger partial charge is 0.287 e. The van der Waals surface area contributed by atoms with Crippen molar-refractivity contribution in [3.8, 4) is 0 Å². The minimum absolute atomic E-state index is 0.0781. The van der Waals surface area contributed by atoms with E-state index in [0.717, 1.165) is 10.5 Å². The van der Waals surface area contributed by atoms with Gasteiger partial charge in [0.05, 0.1) is 16.9 Å². The summed E-state index contributed by atoms with van der Waals surface area (Å²) >= 11 is 5.71. The lowest BCUT2D eigenvalue weighted by Gasteiger charge is -2.18. The van der Waals surface area contributed by atoms with Gasteiger partial charge in [0.25, 0.3) is 15.7 Å². The predicted octanol–water partition coefficient (Wildman–Crippen LogP) is 2.13. The van der Waals surface area contributed by atoms with E-state index in [1.54, 1.807) is 6.92 Å². The van der Waals surface area contributed by atoms with Crippen molar-refractivity contribution >= 4 is 27.3 Å². The highest BCUT2D eigenvalue weighted by Crippen LogP contribution is 2.31. The third kappa shape index (κ3) is 3.03. The van der Waals surface area contributed by atoms with E-state index < -0.39 is 20.6 Å². The molecule has 1 rings (SSSR count). The molecular weight excluding hydrogens is 296 g/mol. The maximum Gasteiger partial charge on any atom is 0.289 e. The molecular formula is C10H13ClN2O5S. The molecule has 0 N–H and O–H groups in total. The standard InChI is InChI=1S/C10H13ClN2O5S/c1-4-12(18-3)19(16,17)10-6-9(13(14)15)8(11)5-7(10)2/h5-6H,4H2,1-3H3. The van der Waals surface area contributed by atoms with Crippen molar-refractivity contribution in [3.05, 3.63) is 32.8 Å². The van der Waals surface area contributed by atoms with Crippen LogP contribution in [-0.4, -0.2) is 31.5 Å². The Bertz CT molecular complexity index is 598. The van der Waals surface area contributed by atoms with Crippen molar-refractivity contribution in [1.29, 1.82) is 0 Å². The zero-order chi connectivity index (χ0) is 14.8. The summed E-state index contributed by atoms with van der Waals surface area (Å²) < 4.78 is 25.2. The van der Waals surface area contributed by atoms with Crippen LogP contribution in [0.4, 0.5) is 5.69 Å². The number of hydrogen-bond donors (Lipinski definition) is 0. The Hall–Kier alpha value is -1.22. The molecule has 0 aliphatic carbocycles. The molecule has 0 fully saturated rings. The van der Waals surface area contributed by atoms with Crippen LogP contribution in [0.3, 0.4) is 0 Å². The average molecular weight is 309 g/mol. The van der Waals surface area contributed by atoms with Gasteiger partial charge < -0.3 is 0 Å². The molecule has 0 heterocycles. The van der Waals surface area contributed by atoms with Crippen LogP contribution in [0.5, 0.6) is 0 Å². The molecule has 0 aliphatic heterocycles. The second kappa shape index (κ2) is 5.83. The molecule has 0 saturated carbocycles. The van der Waals surface area contributed by atoms with Crippen molar-refractivity contribution in [2.24, 2.45) is 0 Å². The van der Waals surface area contributed by atoms with Gasteiger partial charge in [0.1, 0.15) is 5.02 Å². The highest BCUT2D eigenvalue weighted by molar-refractivity contribution is 7.89. The Morgan fingerprint density at radius 1 is 1.47 bits per heavy atom. The van der Waals surface area contributed by atoms with Crippen LogP contribution in [0.25, 0.3) is 0 Å². The number of nitro benzene ring substituents is 1. The molecule has 0 amide bonds. The summed E-state index contributed by atoms with van der Waals surface area (Å²) in [6.07, 6.45) is 0. The highest BCUT2D eigenvalue weighted by atomic mass is 35.5. The summed E-state index contributed by atoms with van der Waals surface area (Å²) in [5.74, 6) is 0. The van der Waals surface area contributed by atoms with Gasteiger partial charge in [-0.25, -0.2) is 8.42 Å². The Balaban J connectivity index is 3.51. The normalized spacial score (nSPS) is 11.8. The largest absolute Gasteiger partial charge is 0.289 e. The molecule has 0 bridgehead atoms. The maximum absolute atomic E-state index is 12.2. The van der Waals surface area contributed by atoms with Gasteiger partial charge in [0.2, 0.25) is 0 Å². The van der Waals surface area contributed by atoms with Crippen molar-refractivity contribution in [2.45, 2.75) is 18.7 Å². The second-order valence-corrected chi connectivity index (χ2v) is 5.84. The monoisotopic (exact) mass is 308 g/mol. The van der Waals surface area contributed by atoms with Gasteiger partial charge in [-0.15, -0.1) is 0 Å². The lowest BCUT2D eigenvalue weighted by atomic mass is 10.2. The number of halogens is 1. The molecule has 7 nitrogen and oxygen atoms in total. The fourth-order valence-corrected chi connectivity index (χ4v) is 3.34. The van der Waals surface area contributed by atoms with Crippen LogP contribution in [0.15, 0.2) is 17.0 Å². The molecule has 106 valence electrons. The van der Waals surface area contributed by atoms with Gasteiger partial charge in [0.15, 0.2) is 0 Å². The minimum Gasteiger partial charge on any atom is -0.287 e. The van der Waals surface area contributed by atoms with E-state index in [-0.39, 0.29) is 16.5 Å². The van der Waals surface area contributed by atoms with E-state index in [1.807, 2.05) is 0 Å². The van der Waals surface area contributed by atoms with Gasteiger partial charge in [-0.05, 0) is 25.5 Å². The quantitative estimate of drug-likeness (QED) is 0.614. The van der Waals surface area contributed by atoms with Crippen LogP contribution in [0, 0.1) is 17.0 Å². The van der Waals surface area contributed by atoms with E-state index in [4.69, 9.17) is 16.4 Å². The molecule has 9 heteroatoms. The Morgan fingerprint density at radius 2 is 2.05 bits per heavy atom. The van der Waals surface area contributed by atoms with Crippen LogP contribution >= 0.6 is 11.6 Å². The molecule has 0 saturated heterocycles. The Kier molecular flexibility index (Phi) is 4.86. The van der Waals surface area contributed by atoms with Gasteiger partial charge in [-0.3, -0.25) is 15.0 Å². The summed E-state index contributed by atoms with van der Waals surface area (Å²) in [5.41, 5.74) is -0.149. The van der Waals surface area contributed by atoms with E-state index >= 15 is 0 Å². The third-order valence-corrected chi connectivity index (χ3v) is 4.69. The van der Waals surface area contributed by atoms with Crippen molar-refractivity contribution < 1.29 is 18.2 Å². The zero-order valence-electron chi connectivity index (χ0n) is 10.6. The second-order valence-electron chi connectivity index (χ2n) is 3.63. The summed E-state index contributed by atoms with van der Waals surface area (Å²) in [5, 5.41) is 10.7. The maximum atomic E-state index is 12.2. The first-order chi connectivity index (χ1) is 8.75. The van der Waals surface area contributed by atoms with Crippen LogP contribution in [-0.2, 0) is 14.9 Å². The van der Waals surface area contributed by atoms with E-state index in [9.17, 15) is 18.5 Å². The van der Waals surface area contributed by atoms with Gasteiger partial charge >= 0.3 is 0 Å². The molecule has 0 aliphatic rings. The van der Waals surface area contributed by atoms with Crippen molar-refractivity contribution in [1.82, 2.24) is 4.47 Å². The lowest BCUT2D eigenvalue weighted by Crippen LogP contribution is -2.30. The summed E-state index contributed by atoms with van der Waals surface area (Å²) in [6.45, 7) is 3.17. The topological polar surface area (TPSA) is 89.8 Å². The van der Waals surface area contributed by atoms with Gasteiger partial charge in [-0.1, -0.05) is 16.1 Å². The average Bonchev–Trinajstić information content (AvgIpc) is 2.29. The van der Waals surface area contributed by atoms with Crippen molar-refractivity contribution in [3.63, 3.8) is 0 Å². The minimum atomic E-state index is -3.96. The first-order valence-electron chi connectivity index (χ1n) is 5.27. The number of rotatable bonds is 5. The molecule has 0 radical (unpaired) electrons. The number of benzene rings is 1. The van der Waals surface area contributed by atoms with Crippen LogP contribution in [0.1, 0.15) is 12.5 Å². The molecule has 0 unspecified atom stereocenters. The number of hydrogen-bond acceptors (Lipinski definition) is 5. The van der Waals surface area contributed by atoms with Gasteiger partial charge in [-0.2, -0.15) is 0 Å². The van der Waals surface area contributed by atoms with Crippen molar-refractivity contribution in [2.75, 3.05) is 13.7 Å². The number of nitro groups is 1. The van der Waals surface area contributed by atoms with E-state index in [0.29, 0.717) is 5.56 Å². The van der Waals surface area contributed by atoms with E-state index in [1.165, 1.54) is 20.1 Å². The number of sulfonamides is 1. The van der Waals surface area contributed by atoms with Crippen LogP contribution in [0.2, 0.25) is 5.02 Å². The molecule has 0 atom stereocenters. The summed E-state index contributed by atoms with van der Waals surface area (Å²) in [4.78, 5) is 14.6. The molecule has 1 aromatic carbocycles. The SMILES string of the molecule is CCN(OC)S(=O)(=O)c1cc([N+](=O)[O-])c(Cl)cc1C. The Morgan fingerprint density at radius 3 is 2.47 bits per heavy atom.